The molecule has 0 radical (unpaired) electrons. The van der Waals surface area contributed by atoms with Gasteiger partial charge in [-0.3, -0.25) is 4.99 Å². The summed E-state index contributed by atoms with van der Waals surface area (Å²) in [6, 6.07) is 71.9. The normalized spacial score (nSPS) is 12.5. The Kier molecular flexibility index (Phi) is 34.5. The van der Waals surface area contributed by atoms with Crippen LogP contribution in [0.5, 0.6) is 0 Å². The van der Waals surface area contributed by atoms with E-state index in [0.29, 0.717) is 0 Å². The second-order valence-electron chi connectivity index (χ2n) is 49.4. The molecule has 0 unspecified atom stereocenters. The summed E-state index contributed by atoms with van der Waals surface area (Å²) in [6.45, 7) is 77.4. The SMILES string of the molecule is CC(C)(C)c1ccc2c(c1)C=NC2.CC(C)(C)c1ccc2cnoc2c1.CC(C)(C)c1ccc2ncoc2c1.CC(C)(C)c1ccc2nsnc2c1.CC(C)(C)c1ccc2occc2c1.CC(C)(C)c1ccc2ocnc2c1.CC(C)(C)c1ccc2sncc2c1.Cc1nc2cc(C(C)(C)C)ccc2o1.Cc1nc2ccc(C(C)(C)C)cc2o1.Cn1cnc2cc(C(C)(C)C)ccc21.Cn1cnc2ccc(C(C)(C)C)cc21. The standard InChI is InChI=1S/2C12H16N2.2C12H15NO.C12H15N.C12H14O.3C11H13NO.C11H13NS.C10H12N2S/c1-12(2,3)9-5-6-11-10(7-9)13-8-14(11)4;1-12(2,3)9-5-6-10-11(7-9)14(4)8-13-10;1-8-13-10-7-9(12(2,3)4)5-6-11(10)14-8;1-8-13-10-6-5-9(12(2,3)4)7-11(10)14-8;1-12(2,3)11-5-4-9-7-13-8-10(9)6-11;1-12(2,3)10-4-5-11-9(8-10)6-7-13-11;1-11(2,3)9-5-4-8-7-12-13-10(8)6-9;1-11(2,3)8-4-5-10-9(6-8)12-7-13-10;1-11(2,3)8-4-5-9-10(6-8)13-7-12-9;1-11(2,3)9-4-5-10-8(6-9)7-12-13-10;1-10(2,3)7-4-5-8-9(6-7)12-13-11-8/h2*5-8H,1-4H3;2*5-7H,1-4H3;4-6,8H,7H2,1-3H3;4-8H,1-3H3;4*4-7H,1-3H3;4-6H,1-3H3. The van der Waals surface area contributed by atoms with Gasteiger partial charge in [-0.25, -0.2) is 29.9 Å². The highest BCUT2D eigenvalue weighted by atomic mass is 32.1. The molecule has 1 aliphatic heterocycles. The van der Waals surface area contributed by atoms with Gasteiger partial charge in [0.05, 0.1) is 70.2 Å². The molecular formula is C126H155N13O6S2. The van der Waals surface area contributed by atoms with Crippen LogP contribution < -0.4 is 0 Å². The van der Waals surface area contributed by atoms with E-state index < -0.39 is 0 Å². The van der Waals surface area contributed by atoms with Crippen molar-refractivity contribution in [2.75, 3.05) is 0 Å². The number of hydrogen-bond donors (Lipinski definition) is 0. The Balaban J connectivity index is 0.000000144. The van der Waals surface area contributed by atoms with Crippen LogP contribution in [-0.4, -0.2) is 63.5 Å². The van der Waals surface area contributed by atoms with Gasteiger partial charge in [-0.2, -0.15) is 13.1 Å². The van der Waals surface area contributed by atoms with Crippen LogP contribution in [0.4, 0.5) is 0 Å². The van der Waals surface area contributed by atoms with Crippen LogP contribution in [0.15, 0.2) is 282 Å². The molecule has 772 valence electrons. The number of fused-ring (bicyclic) bond motifs is 11. The Labute approximate surface area is 878 Å². The van der Waals surface area contributed by atoms with E-state index in [4.69, 9.17) is 26.6 Å². The molecule has 10 aromatic heterocycles. The van der Waals surface area contributed by atoms with Crippen LogP contribution in [0.2, 0.25) is 0 Å². The van der Waals surface area contributed by atoms with Crippen molar-refractivity contribution >= 4 is 139 Å². The van der Waals surface area contributed by atoms with E-state index in [1.165, 1.54) is 123 Å². The van der Waals surface area contributed by atoms with Crippen LogP contribution in [0, 0.1) is 13.8 Å². The third-order valence-corrected chi connectivity index (χ3v) is 27.0. The highest BCUT2D eigenvalue weighted by Gasteiger charge is 2.25. The largest absolute Gasteiger partial charge is 0.464 e. The third-order valence-electron chi connectivity index (χ3n) is 25.7. The van der Waals surface area contributed by atoms with Crippen molar-refractivity contribution < 1.29 is 26.6 Å². The molecular weight excluding hydrogens is 1860 g/mol. The smallest absolute Gasteiger partial charge is 0.192 e. The molecule has 0 N–H and O–H groups in total. The molecule has 0 saturated heterocycles. The molecule has 0 spiro atoms. The number of aliphatic imine (C=N–C) groups is 1. The molecule has 21 heteroatoms. The Morgan fingerprint density at radius 1 is 0.286 bits per heavy atom. The van der Waals surface area contributed by atoms with E-state index in [9.17, 15) is 0 Å². The molecule has 0 atom stereocenters. The van der Waals surface area contributed by atoms with Gasteiger partial charge in [0.15, 0.2) is 52.5 Å². The Morgan fingerprint density at radius 2 is 0.687 bits per heavy atom. The van der Waals surface area contributed by atoms with Crippen molar-refractivity contribution in [3.05, 3.63) is 334 Å². The maximum Gasteiger partial charge on any atom is 0.192 e. The number of rotatable bonds is 0. The first-order valence-electron chi connectivity index (χ1n) is 50.7. The fourth-order valence-electron chi connectivity index (χ4n) is 15.8. The summed E-state index contributed by atoms with van der Waals surface area (Å²) in [7, 11) is 4.05. The summed E-state index contributed by atoms with van der Waals surface area (Å²) in [6.07, 6.45) is 14.1. The van der Waals surface area contributed by atoms with E-state index in [-0.39, 0.29) is 59.6 Å². The van der Waals surface area contributed by atoms with Crippen molar-refractivity contribution in [1.82, 2.24) is 57.3 Å². The molecule has 147 heavy (non-hydrogen) atoms. The van der Waals surface area contributed by atoms with Crippen molar-refractivity contribution in [2.45, 2.75) is 308 Å². The first-order chi connectivity index (χ1) is 68.4. The average molecular weight is 2010 g/mol. The van der Waals surface area contributed by atoms with E-state index in [1.807, 2.05) is 106 Å². The quantitative estimate of drug-likeness (QED) is 0.137. The molecule has 21 aromatic rings. The zero-order valence-corrected chi connectivity index (χ0v) is 95.7. The number of imidazole rings is 2. The lowest BCUT2D eigenvalue weighted by Crippen LogP contribution is -2.11. The lowest BCUT2D eigenvalue weighted by Gasteiger charge is -2.19. The van der Waals surface area contributed by atoms with Gasteiger partial charge in [0, 0.05) is 56.5 Å². The number of aromatic nitrogens is 12. The molecule has 11 aromatic carbocycles. The maximum absolute atomic E-state index is 5.49. The summed E-state index contributed by atoms with van der Waals surface area (Å²) < 4.78 is 49.7. The van der Waals surface area contributed by atoms with Crippen LogP contribution >= 0.6 is 23.3 Å². The predicted molar refractivity (Wildman–Crippen MR) is 618 cm³/mol. The summed E-state index contributed by atoms with van der Waals surface area (Å²) in [5, 5.41) is 7.26. The molecule has 0 bridgehead atoms. The number of oxazole rings is 4. The Hall–Kier alpha value is -13.4. The van der Waals surface area contributed by atoms with Crippen LogP contribution in [0.3, 0.4) is 0 Å². The van der Waals surface area contributed by atoms with Crippen molar-refractivity contribution in [3.63, 3.8) is 0 Å². The fourth-order valence-corrected chi connectivity index (χ4v) is 16.9. The van der Waals surface area contributed by atoms with Gasteiger partial charge >= 0.3 is 0 Å². The van der Waals surface area contributed by atoms with Gasteiger partial charge < -0.3 is 35.7 Å². The van der Waals surface area contributed by atoms with Gasteiger partial charge in [-0.1, -0.05) is 306 Å². The monoisotopic (exact) mass is 2010 g/mol. The van der Waals surface area contributed by atoms with Crippen molar-refractivity contribution in [1.29, 1.82) is 0 Å². The Morgan fingerprint density at radius 3 is 1.27 bits per heavy atom. The molecule has 0 saturated carbocycles. The first kappa shape index (κ1) is 112. The number of aryl methyl sites for hydroxylation is 4. The highest BCUT2D eigenvalue weighted by molar-refractivity contribution is 7.13. The lowest BCUT2D eigenvalue weighted by molar-refractivity contribution is 0.455. The van der Waals surface area contributed by atoms with Gasteiger partial charge in [-0.05, 0) is 277 Å². The van der Waals surface area contributed by atoms with Crippen molar-refractivity contribution in [2.24, 2.45) is 19.1 Å². The zero-order chi connectivity index (χ0) is 108. The number of nitrogens with zero attached hydrogens (tertiary/aromatic N) is 13. The topological polar surface area (TPSA) is 230 Å². The van der Waals surface area contributed by atoms with Crippen LogP contribution in [0.1, 0.15) is 313 Å². The Bertz CT molecular complexity index is 7210. The summed E-state index contributed by atoms with van der Waals surface area (Å²) >= 11 is 2.83. The van der Waals surface area contributed by atoms with Gasteiger partial charge in [0.1, 0.15) is 38.7 Å². The molecule has 1 aliphatic rings. The summed E-state index contributed by atoms with van der Waals surface area (Å²) in [5.74, 6) is 1.46. The second kappa shape index (κ2) is 45.1. The van der Waals surface area contributed by atoms with Gasteiger partial charge in [0.2, 0.25) is 0 Å². The minimum Gasteiger partial charge on any atom is -0.464 e. The summed E-state index contributed by atoms with van der Waals surface area (Å²) in [5.41, 5.74) is 34.9. The number of hydrogen-bond acceptors (Lipinski definition) is 19. The van der Waals surface area contributed by atoms with Crippen LogP contribution in [-0.2, 0) is 80.2 Å². The highest BCUT2D eigenvalue weighted by Crippen LogP contribution is 2.37. The minimum atomic E-state index is 0.162. The van der Waals surface area contributed by atoms with E-state index >= 15 is 0 Å². The molecule has 0 fully saturated rings. The van der Waals surface area contributed by atoms with Gasteiger partial charge in [-0.15, -0.1) is 0 Å². The minimum absolute atomic E-state index is 0.162. The predicted octanol–water partition coefficient (Wildman–Crippen LogP) is 35.2. The second-order valence-corrected chi connectivity index (χ2v) is 50.8. The zero-order valence-electron chi connectivity index (χ0n) is 94.0. The average Bonchev–Trinajstić information content (AvgIpc) is 1.67. The van der Waals surface area contributed by atoms with E-state index in [0.717, 1.165) is 101 Å². The maximum atomic E-state index is 5.49. The molecule has 0 aliphatic carbocycles. The van der Waals surface area contributed by atoms with Gasteiger partial charge in [0.25, 0.3) is 0 Å². The first-order valence-corrected chi connectivity index (χ1v) is 52.2. The summed E-state index contributed by atoms with van der Waals surface area (Å²) in [4.78, 5) is 29.7. The van der Waals surface area contributed by atoms with Crippen molar-refractivity contribution in [3.8, 4) is 0 Å². The fraction of sp³-hybridized carbons (Fsp3) is 0.389. The molecule has 19 nitrogen and oxygen atoms in total. The molecule has 22 rings (SSSR count). The number of benzene rings is 11. The van der Waals surface area contributed by atoms with E-state index in [2.05, 4.69) is 444 Å². The van der Waals surface area contributed by atoms with Crippen LogP contribution in [0.25, 0.3) is 110 Å². The molecule has 11 heterocycles. The lowest BCUT2D eigenvalue weighted by atomic mass is 9.85. The molecule has 0 amide bonds. The third kappa shape index (κ3) is 30.7. The van der Waals surface area contributed by atoms with E-state index in [1.54, 1.807) is 24.0 Å². The number of furan rings is 1.